The summed E-state index contributed by atoms with van der Waals surface area (Å²) in [5.74, 6) is 0.855. The number of hydrogen-bond donors (Lipinski definition) is 0. The molecular formula is C19H29ClN2O. The molecule has 0 aromatic heterocycles. The van der Waals surface area contributed by atoms with Crippen molar-refractivity contribution in [1.82, 2.24) is 9.80 Å². The van der Waals surface area contributed by atoms with Gasteiger partial charge in [0.15, 0.2) is 0 Å². The number of likely N-dealkylation sites (tertiary alicyclic amines) is 1. The first-order valence-corrected chi connectivity index (χ1v) is 8.86. The van der Waals surface area contributed by atoms with Crippen LogP contribution in [0.5, 0.6) is 0 Å². The molecule has 0 radical (unpaired) electrons. The second-order valence-corrected chi connectivity index (χ2v) is 8.22. The predicted octanol–water partition coefficient (Wildman–Crippen LogP) is 4.06. The van der Waals surface area contributed by atoms with E-state index in [2.05, 4.69) is 17.0 Å². The Kier molecular flexibility index (Phi) is 6.10. The normalized spacial score (nSPS) is 17.3. The lowest BCUT2D eigenvalue weighted by molar-refractivity contribution is -0.138. The smallest absolute Gasteiger partial charge is 0.227 e. The number of amides is 1. The Morgan fingerprint density at radius 2 is 1.78 bits per heavy atom. The summed E-state index contributed by atoms with van der Waals surface area (Å²) in [4.78, 5) is 16.7. The van der Waals surface area contributed by atoms with Gasteiger partial charge in [-0.3, -0.25) is 9.69 Å². The minimum absolute atomic E-state index is 0.237. The van der Waals surface area contributed by atoms with E-state index in [9.17, 15) is 4.79 Å². The maximum absolute atomic E-state index is 12.3. The maximum Gasteiger partial charge on any atom is 0.227 e. The van der Waals surface area contributed by atoms with Gasteiger partial charge >= 0.3 is 0 Å². The Morgan fingerprint density at radius 1 is 1.22 bits per heavy atom. The van der Waals surface area contributed by atoms with Crippen LogP contribution in [0.4, 0.5) is 0 Å². The first-order chi connectivity index (χ1) is 10.8. The van der Waals surface area contributed by atoms with E-state index in [1.165, 1.54) is 5.56 Å². The zero-order valence-electron chi connectivity index (χ0n) is 14.8. The molecule has 1 heterocycles. The number of nitrogens with zero attached hydrogens (tertiary/aromatic N) is 2. The first kappa shape index (κ1) is 18.3. The van der Waals surface area contributed by atoms with Crippen molar-refractivity contribution in [3.05, 3.63) is 34.9 Å². The summed E-state index contributed by atoms with van der Waals surface area (Å²) in [6, 6.07) is 8.11. The SMILES string of the molecule is CN(CC1CCN(Cc2ccc(Cl)cc2)CC1)C(=O)C(C)(C)C. The van der Waals surface area contributed by atoms with Gasteiger partial charge in [0.25, 0.3) is 0 Å². The fraction of sp³-hybridized carbons (Fsp3) is 0.632. The summed E-state index contributed by atoms with van der Waals surface area (Å²) >= 11 is 5.93. The molecular weight excluding hydrogens is 308 g/mol. The quantitative estimate of drug-likeness (QED) is 0.828. The molecule has 128 valence electrons. The molecule has 0 N–H and O–H groups in total. The van der Waals surface area contributed by atoms with Crippen LogP contribution in [0.25, 0.3) is 0 Å². The van der Waals surface area contributed by atoms with Crippen molar-refractivity contribution in [2.75, 3.05) is 26.7 Å². The maximum atomic E-state index is 12.3. The second-order valence-electron chi connectivity index (χ2n) is 7.78. The van der Waals surface area contributed by atoms with Crippen molar-refractivity contribution in [1.29, 1.82) is 0 Å². The van der Waals surface area contributed by atoms with Crippen LogP contribution in [-0.2, 0) is 11.3 Å². The lowest BCUT2D eigenvalue weighted by Gasteiger charge is -2.35. The van der Waals surface area contributed by atoms with Crippen LogP contribution in [0.3, 0.4) is 0 Å². The molecule has 1 amide bonds. The Bertz CT molecular complexity index is 513. The van der Waals surface area contributed by atoms with Crippen molar-refractivity contribution >= 4 is 17.5 Å². The number of hydrogen-bond acceptors (Lipinski definition) is 2. The molecule has 1 saturated heterocycles. The molecule has 0 bridgehead atoms. The van der Waals surface area contributed by atoms with E-state index in [0.29, 0.717) is 5.92 Å². The van der Waals surface area contributed by atoms with Crippen molar-refractivity contribution in [2.24, 2.45) is 11.3 Å². The van der Waals surface area contributed by atoms with Crippen LogP contribution in [0, 0.1) is 11.3 Å². The Labute approximate surface area is 145 Å². The lowest BCUT2D eigenvalue weighted by Crippen LogP contribution is -2.42. The third-order valence-corrected chi connectivity index (χ3v) is 4.80. The monoisotopic (exact) mass is 336 g/mol. The van der Waals surface area contributed by atoms with Gasteiger partial charge in [-0.25, -0.2) is 0 Å². The molecule has 1 fully saturated rings. The van der Waals surface area contributed by atoms with E-state index in [0.717, 1.165) is 44.0 Å². The van der Waals surface area contributed by atoms with Gasteiger partial charge in [-0.05, 0) is 49.5 Å². The van der Waals surface area contributed by atoms with E-state index in [-0.39, 0.29) is 11.3 Å². The van der Waals surface area contributed by atoms with E-state index < -0.39 is 0 Å². The molecule has 1 aliphatic heterocycles. The molecule has 2 rings (SSSR count). The molecule has 0 unspecified atom stereocenters. The molecule has 0 atom stereocenters. The second kappa shape index (κ2) is 7.67. The minimum atomic E-state index is -0.288. The standard InChI is InChI=1S/C19H29ClN2O/c1-19(2,3)18(23)21(4)13-16-9-11-22(12-10-16)14-15-5-7-17(20)8-6-15/h5-8,16H,9-14H2,1-4H3. The summed E-state index contributed by atoms with van der Waals surface area (Å²) in [5, 5.41) is 0.791. The molecule has 1 aromatic carbocycles. The molecule has 0 saturated carbocycles. The largest absolute Gasteiger partial charge is 0.345 e. The topological polar surface area (TPSA) is 23.6 Å². The summed E-state index contributed by atoms with van der Waals surface area (Å²) < 4.78 is 0. The molecule has 4 heteroatoms. The first-order valence-electron chi connectivity index (χ1n) is 8.48. The number of carbonyl (C=O) groups excluding carboxylic acids is 1. The van der Waals surface area contributed by atoms with Crippen LogP contribution in [0.2, 0.25) is 5.02 Å². The van der Waals surface area contributed by atoms with Crippen molar-refractivity contribution in [3.8, 4) is 0 Å². The van der Waals surface area contributed by atoms with Gasteiger partial charge in [-0.2, -0.15) is 0 Å². The van der Waals surface area contributed by atoms with Gasteiger partial charge in [0.05, 0.1) is 0 Å². The fourth-order valence-corrected chi connectivity index (χ4v) is 3.34. The molecule has 3 nitrogen and oxygen atoms in total. The highest BCUT2D eigenvalue weighted by Gasteiger charge is 2.27. The van der Waals surface area contributed by atoms with Gasteiger partial charge in [0.2, 0.25) is 5.91 Å². The van der Waals surface area contributed by atoms with Crippen molar-refractivity contribution in [2.45, 2.75) is 40.2 Å². The molecule has 1 aromatic rings. The minimum Gasteiger partial charge on any atom is -0.345 e. The Hall–Kier alpha value is -1.06. The number of carbonyl (C=O) groups is 1. The van der Waals surface area contributed by atoms with E-state index in [1.54, 1.807) is 0 Å². The van der Waals surface area contributed by atoms with Crippen LogP contribution < -0.4 is 0 Å². The summed E-state index contributed by atoms with van der Waals surface area (Å²) in [6.45, 7) is 10.0. The van der Waals surface area contributed by atoms with Crippen LogP contribution >= 0.6 is 11.6 Å². The predicted molar refractivity (Wildman–Crippen MR) is 96.5 cm³/mol. The molecule has 1 aliphatic rings. The molecule has 0 aliphatic carbocycles. The third kappa shape index (κ3) is 5.50. The molecule has 0 spiro atoms. The fourth-order valence-electron chi connectivity index (χ4n) is 3.22. The van der Waals surface area contributed by atoms with E-state index >= 15 is 0 Å². The Balaban J connectivity index is 1.77. The van der Waals surface area contributed by atoms with Gasteiger partial charge in [0.1, 0.15) is 0 Å². The van der Waals surface area contributed by atoms with Gasteiger partial charge < -0.3 is 4.90 Å². The number of piperidine rings is 1. The van der Waals surface area contributed by atoms with Gasteiger partial charge in [-0.1, -0.05) is 44.5 Å². The summed E-state index contributed by atoms with van der Waals surface area (Å²) in [5.41, 5.74) is 1.03. The van der Waals surface area contributed by atoms with Crippen LogP contribution in [0.1, 0.15) is 39.2 Å². The summed E-state index contributed by atoms with van der Waals surface area (Å²) in [6.07, 6.45) is 2.32. The van der Waals surface area contributed by atoms with Crippen LogP contribution in [-0.4, -0.2) is 42.4 Å². The van der Waals surface area contributed by atoms with Gasteiger partial charge in [0, 0.05) is 30.6 Å². The van der Waals surface area contributed by atoms with Crippen LogP contribution in [0.15, 0.2) is 24.3 Å². The third-order valence-electron chi connectivity index (χ3n) is 4.55. The number of rotatable bonds is 4. The Morgan fingerprint density at radius 3 is 2.30 bits per heavy atom. The average Bonchev–Trinajstić information content (AvgIpc) is 2.50. The zero-order chi connectivity index (χ0) is 17.0. The van der Waals surface area contributed by atoms with Crippen molar-refractivity contribution in [3.63, 3.8) is 0 Å². The average molecular weight is 337 g/mol. The lowest BCUT2D eigenvalue weighted by atomic mass is 9.92. The van der Waals surface area contributed by atoms with Gasteiger partial charge in [-0.15, -0.1) is 0 Å². The highest BCUT2D eigenvalue weighted by Crippen LogP contribution is 2.23. The highest BCUT2D eigenvalue weighted by atomic mass is 35.5. The number of benzene rings is 1. The zero-order valence-corrected chi connectivity index (χ0v) is 15.6. The summed E-state index contributed by atoms with van der Waals surface area (Å²) in [7, 11) is 1.94. The highest BCUT2D eigenvalue weighted by molar-refractivity contribution is 6.30. The number of halogens is 1. The van der Waals surface area contributed by atoms with Crippen molar-refractivity contribution < 1.29 is 4.79 Å². The molecule has 23 heavy (non-hydrogen) atoms. The van der Waals surface area contributed by atoms with E-state index in [4.69, 9.17) is 11.6 Å². The van der Waals surface area contributed by atoms with E-state index in [1.807, 2.05) is 44.9 Å².